The molecule has 1 aliphatic rings. The smallest absolute Gasteiger partial charge is 0.156 e. The number of hydrogen-bond donors (Lipinski definition) is 1. The minimum Gasteiger partial charge on any atom is -0.361 e. The molecule has 100 valence electrons. The molecular weight excluding hydrogens is 262 g/mol. The van der Waals surface area contributed by atoms with Crippen LogP contribution in [0.25, 0.3) is 0 Å². The fourth-order valence-electron chi connectivity index (χ4n) is 2.00. The van der Waals surface area contributed by atoms with Crippen LogP contribution >= 0.6 is 23.1 Å². The number of rotatable bonds is 5. The van der Waals surface area contributed by atoms with Crippen LogP contribution in [-0.2, 0) is 0 Å². The Morgan fingerprint density at radius 2 is 2.33 bits per heavy atom. The van der Waals surface area contributed by atoms with Crippen molar-refractivity contribution in [2.24, 2.45) is 10.9 Å². The van der Waals surface area contributed by atoms with Gasteiger partial charge in [0.2, 0.25) is 0 Å². The fraction of sp³-hybridized carbons (Fsp3) is 0.692. The first-order valence-corrected chi connectivity index (χ1v) is 8.35. The van der Waals surface area contributed by atoms with Crippen molar-refractivity contribution in [3.63, 3.8) is 0 Å². The van der Waals surface area contributed by atoms with Gasteiger partial charge in [-0.25, -0.2) is 4.98 Å². The first-order valence-electron chi connectivity index (χ1n) is 6.48. The molecule has 0 radical (unpaired) electrons. The molecule has 1 aromatic heterocycles. The lowest BCUT2D eigenvalue weighted by molar-refractivity contribution is 0.502. The number of nitrogens with one attached hydrogen (secondary N) is 1. The number of thioether (sulfide) groups is 1. The Morgan fingerprint density at radius 3 is 3.00 bits per heavy atom. The predicted molar refractivity (Wildman–Crippen MR) is 81.7 cm³/mol. The maximum Gasteiger partial charge on any atom is 0.156 e. The molecule has 1 aromatic rings. The van der Waals surface area contributed by atoms with Gasteiger partial charge in [0.15, 0.2) is 5.17 Å². The molecule has 1 saturated heterocycles. The molecule has 5 heteroatoms. The average Bonchev–Trinajstić information content (AvgIpc) is 2.95. The van der Waals surface area contributed by atoms with Gasteiger partial charge in [-0.1, -0.05) is 32.5 Å². The second-order valence-electron chi connectivity index (χ2n) is 5.20. The van der Waals surface area contributed by atoms with Gasteiger partial charge in [0.1, 0.15) is 0 Å². The summed E-state index contributed by atoms with van der Waals surface area (Å²) in [4.78, 5) is 9.01. The maximum atomic E-state index is 4.67. The number of hydrogen-bond acceptors (Lipinski definition) is 4. The lowest BCUT2D eigenvalue weighted by Crippen LogP contribution is -2.28. The molecule has 2 heterocycles. The minimum absolute atomic E-state index is 0.420. The molecule has 0 saturated carbocycles. The summed E-state index contributed by atoms with van der Waals surface area (Å²) in [5, 5.41) is 7.84. The van der Waals surface area contributed by atoms with Gasteiger partial charge in [0.25, 0.3) is 0 Å². The molecule has 3 nitrogen and oxygen atoms in total. The maximum absolute atomic E-state index is 4.67. The number of amidine groups is 1. The van der Waals surface area contributed by atoms with Crippen LogP contribution in [-0.4, -0.2) is 28.5 Å². The van der Waals surface area contributed by atoms with Crippen LogP contribution in [0.2, 0.25) is 0 Å². The van der Waals surface area contributed by atoms with Crippen molar-refractivity contribution in [1.82, 2.24) is 10.3 Å². The molecule has 2 rings (SSSR count). The SMILES string of the molecule is CC(C)CC1CSC(=NCC(C)c2nccs2)N1. The van der Waals surface area contributed by atoms with Crippen molar-refractivity contribution >= 4 is 28.3 Å². The number of nitrogens with zero attached hydrogens (tertiary/aromatic N) is 2. The standard InChI is InChI=1S/C13H21N3S2/c1-9(2)6-11-8-18-13(16-11)15-7-10(3)12-14-4-5-17-12/h4-5,9-11H,6-8H2,1-3H3,(H,15,16). The highest BCUT2D eigenvalue weighted by molar-refractivity contribution is 8.14. The zero-order chi connectivity index (χ0) is 13.0. The van der Waals surface area contributed by atoms with E-state index in [-0.39, 0.29) is 0 Å². The second kappa shape index (κ2) is 6.57. The molecule has 1 N–H and O–H groups in total. The molecule has 1 aliphatic heterocycles. The Hall–Kier alpha value is -0.550. The average molecular weight is 283 g/mol. The first-order chi connectivity index (χ1) is 8.65. The molecule has 1 fully saturated rings. The van der Waals surface area contributed by atoms with E-state index in [0.29, 0.717) is 12.0 Å². The molecule has 0 aromatic carbocycles. The zero-order valence-corrected chi connectivity index (χ0v) is 12.9. The summed E-state index contributed by atoms with van der Waals surface area (Å²) in [5.41, 5.74) is 0. The summed E-state index contributed by atoms with van der Waals surface area (Å²) in [6, 6.07) is 0.601. The molecule has 0 aliphatic carbocycles. The molecule has 2 unspecified atom stereocenters. The van der Waals surface area contributed by atoms with Gasteiger partial charge in [0, 0.05) is 29.3 Å². The molecule has 2 atom stereocenters. The van der Waals surface area contributed by atoms with Gasteiger partial charge < -0.3 is 5.32 Å². The molecule has 0 amide bonds. The molecular formula is C13H21N3S2. The van der Waals surface area contributed by atoms with Crippen LogP contribution in [0.1, 0.15) is 38.1 Å². The highest BCUT2D eigenvalue weighted by Gasteiger charge is 2.21. The Labute approximate surface area is 118 Å². The quantitative estimate of drug-likeness (QED) is 0.900. The van der Waals surface area contributed by atoms with E-state index < -0.39 is 0 Å². The summed E-state index contributed by atoms with van der Waals surface area (Å²) in [5.74, 6) is 2.32. The van der Waals surface area contributed by atoms with Crippen molar-refractivity contribution in [2.75, 3.05) is 12.3 Å². The van der Waals surface area contributed by atoms with E-state index in [1.54, 1.807) is 11.3 Å². The van der Waals surface area contributed by atoms with E-state index in [0.717, 1.165) is 23.4 Å². The molecule has 0 spiro atoms. The van der Waals surface area contributed by atoms with Crippen LogP contribution in [0.5, 0.6) is 0 Å². The van der Waals surface area contributed by atoms with Crippen LogP contribution in [0.4, 0.5) is 0 Å². The third kappa shape index (κ3) is 3.99. The van der Waals surface area contributed by atoms with Gasteiger partial charge in [-0.15, -0.1) is 11.3 Å². The van der Waals surface area contributed by atoms with Crippen molar-refractivity contribution < 1.29 is 0 Å². The van der Waals surface area contributed by atoms with Crippen molar-refractivity contribution in [3.8, 4) is 0 Å². The van der Waals surface area contributed by atoms with Crippen molar-refractivity contribution in [1.29, 1.82) is 0 Å². The highest BCUT2D eigenvalue weighted by Crippen LogP contribution is 2.21. The summed E-state index contributed by atoms with van der Waals surface area (Å²) in [6.45, 7) is 7.56. The van der Waals surface area contributed by atoms with Crippen molar-refractivity contribution in [2.45, 2.75) is 39.2 Å². The van der Waals surface area contributed by atoms with E-state index in [9.17, 15) is 0 Å². The summed E-state index contributed by atoms with van der Waals surface area (Å²) in [7, 11) is 0. The number of thiazole rings is 1. The van der Waals surface area contributed by atoms with Gasteiger partial charge in [-0.2, -0.15) is 0 Å². The van der Waals surface area contributed by atoms with Crippen LogP contribution in [0.15, 0.2) is 16.6 Å². The fourth-order valence-corrected chi connectivity index (χ4v) is 3.68. The van der Waals surface area contributed by atoms with E-state index >= 15 is 0 Å². The Balaban J connectivity index is 1.81. The third-order valence-corrected chi connectivity index (χ3v) is 4.98. The van der Waals surface area contributed by atoms with Gasteiger partial charge in [0.05, 0.1) is 11.6 Å². The predicted octanol–water partition coefficient (Wildman–Crippen LogP) is 3.35. The normalized spacial score (nSPS) is 23.6. The lowest BCUT2D eigenvalue weighted by atomic mass is 10.1. The van der Waals surface area contributed by atoms with E-state index in [2.05, 4.69) is 36.1 Å². The molecule has 18 heavy (non-hydrogen) atoms. The minimum atomic E-state index is 0.420. The Kier molecular flexibility index (Phi) is 5.06. The molecule has 0 bridgehead atoms. The summed E-state index contributed by atoms with van der Waals surface area (Å²) < 4.78 is 0. The van der Waals surface area contributed by atoms with E-state index in [1.807, 2.05) is 23.3 Å². The van der Waals surface area contributed by atoms with Gasteiger partial charge >= 0.3 is 0 Å². The largest absolute Gasteiger partial charge is 0.361 e. The topological polar surface area (TPSA) is 37.3 Å². The Bertz CT molecular complexity index is 387. The van der Waals surface area contributed by atoms with Crippen LogP contribution < -0.4 is 5.32 Å². The summed E-state index contributed by atoms with van der Waals surface area (Å²) >= 11 is 3.57. The first kappa shape index (κ1) is 13.9. The van der Waals surface area contributed by atoms with E-state index in [1.165, 1.54) is 11.4 Å². The van der Waals surface area contributed by atoms with E-state index in [4.69, 9.17) is 0 Å². The second-order valence-corrected chi connectivity index (χ2v) is 7.13. The number of aromatic nitrogens is 1. The van der Waals surface area contributed by atoms with Gasteiger partial charge in [-0.3, -0.25) is 4.99 Å². The lowest BCUT2D eigenvalue weighted by Gasteiger charge is -2.12. The zero-order valence-electron chi connectivity index (χ0n) is 11.2. The monoisotopic (exact) mass is 283 g/mol. The van der Waals surface area contributed by atoms with Crippen LogP contribution in [0, 0.1) is 5.92 Å². The van der Waals surface area contributed by atoms with Crippen LogP contribution in [0.3, 0.4) is 0 Å². The highest BCUT2D eigenvalue weighted by atomic mass is 32.2. The van der Waals surface area contributed by atoms with Crippen molar-refractivity contribution in [3.05, 3.63) is 16.6 Å². The Morgan fingerprint density at radius 1 is 1.50 bits per heavy atom. The number of aliphatic imine (C=N–C) groups is 1. The summed E-state index contributed by atoms with van der Waals surface area (Å²) in [6.07, 6.45) is 3.10. The van der Waals surface area contributed by atoms with Gasteiger partial charge in [-0.05, 0) is 12.3 Å². The third-order valence-electron chi connectivity index (χ3n) is 2.89.